The third-order valence-electron chi connectivity index (χ3n) is 3.10. The minimum atomic E-state index is -1.54. The summed E-state index contributed by atoms with van der Waals surface area (Å²) in [5.41, 5.74) is 3.64. The Hall–Kier alpha value is -1.00. The van der Waals surface area contributed by atoms with E-state index in [1.807, 2.05) is 24.3 Å². The number of hydrogen-bond donors (Lipinski definition) is 0. The molecule has 0 radical (unpaired) electrons. The lowest BCUT2D eigenvalue weighted by molar-refractivity contribution is 0.137. The van der Waals surface area contributed by atoms with Crippen molar-refractivity contribution in [1.29, 1.82) is 0 Å². The lowest BCUT2D eigenvalue weighted by Gasteiger charge is -2.28. The third-order valence-corrected chi connectivity index (χ3v) is 4.06. The van der Waals surface area contributed by atoms with Gasteiger partial charge in [0.15, 0.2) is 11.1 Å². The van der Waals surface area contributed by atoms with Gasteiger partial charge in [-0.3, -0.25) is 0 Å². The van der Waals surface area contributed by atoms with E-state index in [2.05, 4.69) is 0 Å². The predicted molar refractivity (Wildman–Crippen MR) is 60.7 cm³/mol. The summed E-state index contributed by atoms with van der Waals surface area (Å²) >= 11 is -1.50. The van der Waals surface area contributed by atoms with E-state index in [0.29, 0.717) is 11.3 Å². The van der Waals surface area contributed by atoms with E-state index in [9.17, 15) is 8.60 Å². The highest BCUT2D eigenvalue weighted by Crippen LogP contribution is 2.38. The van der Waals surface area contributed by atoms with Crippen molar-refractivity contribution in [1.82, 2.24) is 0 Å². The van der Waals surface area contributed by atoms with Gasteiger partial charge in [0.2, 0.25) is 6.36 Å². The maximum Gasteiger partial charge on any atom is 0.240 e. The van der Waals surface area contributed by atoms with Crippen molar-refractivity contribution in [2.24, 2.45) is 0 Å². The van der Waals surface area contributed by atoms with Crippen LogP contribution in [0.2, 0.25) is 0 Å². The molecule has 1 aromatic carbocycles. The second kappa shape index (κ2) is 3.79. The normalized spacial score (nSPS) is 28.6. The van der Waals surface area contributed by atoms with Crippen LogP contribution in [0.3, 0.4) is 0 Å². The molecule has 84 valence electrons. The second-order valence-electron chi connectivity index (χ2n) is 4.03. The molecule has 16 heavy (non-hydrogen) atoms. The van der Waals surface area contributed by atoms with Crippen molar-refractivity contribution in [2.45, 2.75) is 19.2 Å². The van der Waals surface area contributed by atoms with Crippen LogP contribution in [0.4, 0.5) is 4.39 Å². The molecule has 2 aliphatic rings. The first kappa shape index (κ1) is 10.2. The number of fused-ring (bicyclic) bond motifs is 2. The maximum absolute atomic E-state index is 13.8. The van der Waals surface area contributed by atoms with Gasteiger partial charge in [0.05, 0.1) is 5.75 Å². The largest absolute Gasteiger partial charge is 0.249 e. The van der Waals surface area contributed by atoms with Crippen LogP contribution in [-0.2, 0) is 21.7 Å². The van der Waals surface area contributed by atoms with E-state index in [-0.39, 0.29) is 0 Å². The van der Waals surface area contributed by atoms with Gasteiger partial charge in [0.1, 0.15) is 0 Å². The Morgan fingerprint density at radius 2 is 2.12 bits per heavy atom. The van der Waals surface area contributed by atoms with Crippen LogP contribution in [0.5, 0.6) is 0 Å². The zero-order valence-electron chi connectivity index (χ0n) is 8.61. The third kappa shape index (κ3) is 1.53. The van der Waals surface area contributed by atoms with Gasteiger partial charge in [0.25, 0.3) is 0 Å². The van der Waals surface area contributed by atoms with Crippen molar-refractivity contribution in [3.05, 3.63) is 41.0 Å². The number of rotatable bonds is 0. The van der Waals surface area contributed by atoms with Gasteiger partial charge in [-0.25, -0.2) is 12.8 Å². The van der Waals surface area contributed by atoms with Crippen LogP contribution in [-0.4, -0.2) is 16.3 Å². The summed E-state index contributed by atoms with van der Waals surface area (Å²) in [7, 11) is 0. The summed E-state index contributed by atoms with van der Waals surface area (Å²) in [4.78, 5) is 0. The lowest BCUT2D eigenvalue weighted by atomic mass is 9.86. The van der Waals surface area contributed by atoms with E-state index in [0.717, 1.165) is 29.5 Å². The lowest BCUT2D eigenvalue weighted by Crippen LogP contribution is -2.25. The quantitative estimate of drug-likeness (QED) is 0.693. The van der Waals surface area contributed by atoms with Crippen molar-refractivity contribution in [2.75, 3.05) is 5.75 Å². The molecule has 1 aliphatic heterocycles. The molecule has 3 rings (SSSR count). The van der Waals surface area contributed by atoms with Crippen LogP contribution >= 0.6 is 0 Å². The molecule has 0 bridgehead atoms. The molecule has 0 saturated carbocycles. The fourth-order valence-electron chi connectivity index (χ4n) is 2.36. The first-order chi connectivity index (χ1) is 7.75. The van der Waals surface area contributed by atoms with Crippen LogP contribution in [0.1, 0.15) is 17.5 Å². The summed E-state index contributed by atoms with van der Waals surface area (Å²) in [6.07, 6.45) is 0.159. The van der Waals surface area contributed by atoms with Crippen LogP contribution in [0.25, 0.3) is 5.57 Å². The predicted octanol–water partition coefficient (Wildman–Crippen LogP) is 2.38. The Kier molecular flexibility index (Phi) is 2.41. The Bertz CT molecular complexity index is 496. The van der Waals surface area contributed by atoms with Crippen LogP contribution in [0, 0.1) is 0 Å². The first-order valence-corrected chi connectivity index (χ1v) is 6.50. The molecule has 0 saturated heterocycles. The molecule has 4 heteroatoms. The summed E-state index contributed by atoms with van der Waals surface area (Å²) in [6.45, 7) is 0. The minimum absolute atomic E-state index is 0.351. The Labute approximate surface area is 95.8 Å². The molecule has 1 aliphatic carbocycles. The van der Waals surface area contributed by atoms with Crippen LogP contribution < -0.4 is 0 Å². The smallest absolute Gasteiger partial charge is 0.240 e. The molecular formula is C12H11FO2S. The highest BCUT2D eigenvalue weighted by atomic mass is 32.2. The van der Waals surface area contributed by atoms with Gasteiger partial charge in [-0.2, -0.15) is 0 Å². The molecule has 0 N–H and O–H groups in total. The molecule has 2 nitrogen and oxygen atoms in total. The van der Waals surface area contributed by atoms with Gasteiger partial charge >= 0.3 is 0 Å². The van der Waals surface area contributed by atoms with Crippen molar-refractivity contribution >= 4 is 16.7 Å². The van der Waals surface area contributed by atoms with Gasteiger partial charge in [-0.05, 0) is 29.5 Å². The SMILES string of the molecule is O=S1CC2=C(c3ccccc3CC2)[C@@H](F)O1. The molecule has 0 fully saturated rings. The fourth-order valence-corrected chi connectivity index (χ4v) is 3.30. The van der Waals surface area contributed by atoms with Gasteiger partial charge in [0, 0.05) is 5.57 Å². The number of hydrogen-bond acceptors (Lipinski definition) is 2. The average molecular weight is 238 g/mol. The highest BCUT2D eigenvalue weighted by molar-refractivity contribution is 7.80. The monoisotopic (exact) mass is 238 g/mol. The topological polar surface area (TPSA) is 26.3 Å². The van der Waals surface area contributed by atoms with E-state index >= 15 is 0 Å². The number of aryl methyl sites for hydroxylation is 1. The van der Waals surface area contributed by atoms with Gasteiger partial charge < -0.3 is 0 Å². The standard InChI is InChI=1S/C12H11FO2S/c13-12-11-9(7-16(14)15-12)6-5-8-3-1-2-4-10(8)11/h1-4,12H,5-7H2/t12-,16?/m0/s1. The number of alkyl halides is 1. The Morgan fingerprint density at radius 1 is 1.31 bits per heavy atom. The summed E-state index contributed by atoms with van der Waals surface area (Å²) in [6, 6.07) is 7.78. The molecule has 1 heterocycles. The summed E-state index contributed by atoms with van der Waals surface area (Å²) < 4.78 is 29.8. The second-order valence-corrected chi connectivity index (χ2v) is 5.12. The van der Waals surface area contributed by atoms with Crippen molar-refractivity contribution < 1.29 is 12.8 Å². The average Bonchev–Trinajstić information content (AvgIpc) is 2.28. The van der Waals surface area contributed by atoms with Crippen molar-refractivity contribution in [3.8, 4) is 0 Å². The highest BCUT2D eigenvalue weighted by Gasteiger charge is 2.32. The summed E-state index contributed by atoms with van der Waals surface area (Å²) in [5, 5.41) is 0. The molecule has 2 atom stereocenters. The maximum atomic E-state index is 13.8. The van der Waals surface area contributed by atoms with E-state index in [1.165, 1.54) is 0 Å². The van der Waals surface area contributed by atoms with E-state index in [4.69, 9.17) is 4.18 Å². The minimum Gasteiger partial charge on any atom is -0.249 e. The zero-order valence-corrected chi connectivity index (χ0v) is 9.43. The Balaban J connectivity index is 2.15. The number of halogens is 1. The van der Waals surface area contributed by atoms with Gasteiger partial charge in [-0.15, -0.1) is 0 Å². The molecule has 0 aromatic heterocycles. The van der Waals surface area contributed by atoms with E-state index < -0.39 is 17.4 Å². The van der Waals surface area contributed by atoms with Crippen molar-refractivity contribution in [3.63, 3.8) is 0 Å². The van der Waals surface area contributed by atoms with Gasteiger partial charge in [-0.1, -0.05) is 24.3 Å². The Morgan fingerprint density at radius 3 is 3.00 bits per heavy atom. The molecule has 0 spiro atoms. The van der Waals surface area contributed by atoms with Crippen LogP contribution in [0.15, 0.2) is 29.8 Å². The first-order valence-electron chi connectivity index (χ1n) is 5.25. The van der Waals surface area contributed by atoms with E-state index in [1.54, 1.807) is 0 Å². The molecular weight excluding hydrogens is 227 g/mol. The fraction of sp³-hybridized carbons (Fsp3) is 0.333. The number of benzene rings is 1. The summed E-state index contributed by atoms with van der Waals surface area (Å²) in [5.74, 6) is 0.351. The molecule has 0 amide bonds. The molecule has 1 unspecified atom stereocenters. The zero-order chi connectivity index (χ0) is 11.1. The molecule has 1 aromatic rings.